The Bertz CT molecular complexity index is 1540. The zero-order chi connectivity index (χ0) is 30.1. The number of likely N-dealkylation sites (tertiary alicyclic amines) is 1. The van der Waals surface area contributed by atoms with Crippen LogP contribution in [0.1, 0.15) is 45.2 Å². The van der Waals surface area contributed by atoms with E-state index in [1.165, 1.54) is 12.1 Å². The van der Waals surface area contributed by atoms with Gasteiger partial charge in [0.15, 0.2) is 0 Å². The van der Waals surface area contributed by atoms with Gasteiger partial charge in [0.2, 0.25) is 5.88 Å². The predicted octanol–water partition coefficient (Wildman–Crippen LogP) is 8.24. The summed E-state index contributed by atoms with van der Waals surface area (Å²) in [5.41, 5.74) is 4.23. The Morgan fingerprint density at radius 2 is 1.64 bits per heavy atom. The van der Waals surface area contributed by atoms with Gasteiger partial charge in [-0.25, -0.2) is 18.0 Å². The van der Waals surface area contributed by atoms with Crippen molar-refractivity contribution in [3.8, 4) is 22.3 Å². The number of nitrogens with one attached hydrogen (secondary N) is 2. The number of carbonyl (C=O) groups excluding carboxylic acids is 1. The number of hydrogen-bond donors (Lipinski definition) is 2. The van der Waals surface area contributed by atoms with Gasteiger partial charge in [0.1, 0.15) is 17.0 Å². The standard InChI is InChI=1S/C33H36F3N3O3/c1-21(39-15-13-33(35,36)14-16-39)22-5-7-23(8-6-22)25-17-26-19-29(38-31(40)42-32(2,3)20-37-4)41-30(26)28(18-25)24-9-11-27(34)12-10-24/h5-12,17-19,21,37H,13-16,20H2,1-4H3,(H,38,40). The molecule has 1 unspecified atom stereocenters. The number of likely N-dealkylation sites (N-methyl/N-ethyl adjacent to an activating group) is 1. The Morgan fingerprint density at radius 3 is 2.29 bits per heavy atom. The number of halogens is 3. The molecule has 0 bridgehead atoms. The molecule has 1 aromatic heterocycles. The molecule has 4 aromatic rings. The molecule has 3 aromatic carbocycles. The number of alkyl halides is 2. The van der Waals surface area contributed by atoms with E-state index >= 15 is 0 Å². The van der Waals surface area contributed by atoms with Crippen molar-refractivity contribution in [1.29, 1.82) is 0 Å². The predicted molar refractivity (Wildman–Crippen MR) is 159 cm³/mol. The first-order chi connectivity index (χ1) is 19.9. The summed E-state index contributed by atoms with van der Waals surface area (Å²) < 4.78 is 52.6. The Hall–Kier alpha value is -3.82. The maximum absolute atomic E-state index is 13.7. The number of nitrogens with zero attached hydrogens (tertiary/aromatic N) is 1. The minimum absolute atomic E-state index is 0.0211. The maximum Gasteiger partial charge on any atom is 0.414 e. The summed E-state index contributed by atoms with van der Waals surface area (Å²) in [7, 11) is 1.78. The summed E-state index contributed by atoms with van der Waals surface area (Å²) in [4.78, 5) is 14.7. The van der Waals surface area contributed by atoms with E-state index in [9.17, 15) is 18.0 Å². The van der Waals surface area contributed by atoms with Gasteiger partial charge in [-0.2, -0.15) is 0 Å². The number of carbonyl (C=O) groups is 1. The third-order valence-electron chi connectivity index (χ3n) is 7.77. The molecule has 222 valence electrons. The Labute approximate surface area is 243 Å². The Morgan fingerprint density at radius 1 is 1.00 bits per heavy atom. The fourth-order valence-electron chi connectivity index (χ4n) is 5.47. The molecule has 0 radical (unpaired) electrons. The zero-order valence-corrected chi connectivity index (χ0v) is 24.3. The van der Waals surface area contributed by atoms with Gasteiger partial charge in [0.05, 0.1) is 0 Å². The van der Waals surface area contributed by atoms with Crippen LogP contribution >= 0.6 is 0 Å². The highest BCUT2D eigenvalue weighted by Gasteiger charge is 2.35. The average molecular weight is 580 g/mol. The number of amides is 1. The van der Waals surface area contributed by atoms with Crippen LogP contribution < -0.4 is 10.6 Å². The van der Waals surface area contributed by atoms with Crippen molar-refractivity contribution >= 4 is 22.9 Å². The largest absolute Gasteiger partial charge is 0.442 e. The van der Waals surface area contributed by atoms with Crippen molar-refractivity contribution < 1.29 is 27.1 Å². The third-order valence-corrected chi connectivity index (χ3v) is 7.77. The van der Waals surface area contributed by atoms with Crippen LogP contribution in [0.25, 0.3) is 33.2 Å². The van der Waals surface area contributed by atoms with Gasteiger partial charge < -0.3 is 14.5 Å². The quantitative estimate of drug-likeness (QED) is 0.220. The molecule has 6 nitrogen and oxygen atoms in total. The molecule has 2 heterocycles. The summed E-state index contributed by atoms with van der Waals surface area (Å²) in [5, 5.41) is 6.43. The molecule has 1 aliphatic heterocycles. The fraction of sp³-hybridized carbons (Fsp3) is 0.364. The number of piperidine rings is 1. The van der Waals surface area contributed by atoms with Crippen LogP contribution in [0.2, 0.25) is 0 Å². The second-order valence-corrected chi connectivity index (χ2v) is 11.6. The number of benzene rings is 3. The van der Waals surface area contributed by atoms with Gasteiger partial charge in [0.25, 0.3) is 5.92 Å². The first-order valence-electron chi connectivity index (χ1n) is 14.1. The first-order valence-corrected chi connectivity index (χ1v) is 14.1. The minimum Gasteiger partial charge on any atom is -0.442 e. The monoisotopic (exact) mass is 579 g/mol. The van der Waals surface area contributed by atoms with Crippen molar-refractivity contribution in [2.45, 2.75) is 51.2 Å². The van der Waals surface area contributed by atoms with Crippen molar-refractivity contribution in [1.82, 2.24) is 10.2 Å². The number of fused-ring (bicyclic) bond motifs is 1. The van der Waals surface area contributed by atoms with E-state index < -0.39 is 17.6 Å². The van der Waals surface area contributed by atoms with Crippen LogP contribution in [-0.2, 0) is 4.74 Å². The summed E-state index contributed by atoms with van der Waals surface area (Å²) in [6, 6.07) is 19.9. The smallest absolute Gasteiger partial charge is 0.414 e. The minimum atomic E-state index is -2.58. The lowest BCUT2D eigenvalue weighted by Gasteiger charge is -2.36. The number of furan rings is 1. The molecule has 0 spiro atoms. The average Bonchev–Trinajstić information content (AvgIpc) is 3.34. The van der Waals surface area contributed by atoms with Crippen LogP contribution in [0.3, 0.4) is 0 Å². The van der Waals surface area contributed by atoms with Crippen molar-refractivity contribution in [3.63, 3.8) is 0 Å². The van der Waals surface area contributed by atoms with E-state index in [2.05, 4.69) is 15.5 Å². The molecule has 1 fully saturated rings. The fourth-order valence-corrected chi connectivity index (χ4v) is 5.47. The maximum atomic E-state index is 13.7. The molecule has 1 aliphatic rings. The normalized spacial score (nSPS) is 16.4. The highest BCUT2D eigenvalue weighted by Crippen LogP contribution is 2.38. The number of hydrogen-bond acceptors (Lipinski definition) is 5. The lowest BCUT2D eigenvalue weighted by molar-refractivity contribution is -0.0620. The van der Waals surface area contributed by atoms with Gasteiger partial charge in [-0.3, -0.25) is 10.2 Å². The van der Waals surface area contributed by atoms with Gasteiger partial charge in [-0.05, 0) is 74.3 Å². The molecule has 1 atom stereocenters. The van der Waals surface area contributed by atoms with Crippen LogP contribution in [0, 0.1) is 5.82 Å². The molecule has 0 aliphatic carbocycles. The van der Waals surface area contributed by atoms with E-state index in [4.69, 9.17) is 9.15 Å². The van der Waals surface area contributed by atoms with Gasteiger partial charge in [-0.1, -0.05) is 36.4 Å². The molecule has 1 amide bonds. The van der Waals surface area contributed by atoms with Gasteiger partial charge >= 0.3 is 6.09 Å². The Kier molecular flexibility index (Phi) is 8.35. The second kappa shape index (κ2) is 11.8. The molecule has 1 saturated heterocycles. The van der Waals surface area contributed by atoms with E-state index in [1.54, 1.807) is 39.1 Å². The Balaban J connectivity index is 1.44. The summed E-state index contributed by atoms with van der Waals surface area (Å²) in [5.74, 6) is -2.69. The summed E-state index contributed by atoms with van der Waals surface area (Å²) in [6.07, 6.45) is -0.872. The van der Waals surface area contributed by atoms with E-state index in [1.807, 2.05) is 43.3 Å². The van der Waals surface area contributed by atoms with Crippen LogP contribution in [0.5, 0.6) is 0 Å². The van der Waals surface area contributed by atoms with Crippen molar-refractivity contribution in [2.75, 3.05) is 32.0 Å². The molecule has 42 heavy (non-hydrogen) atoms. The number of anilines is 1. The summed E-state index contributed by atoms with van der Waals surface area (Å²) in [6.45, 7) is 6.86. The highest BCUT2D eigenvalue weighted by molar-refractivity contribution is 5.99. The first kappa shape index (κ1) is 29.7. The molecular weight excluding hydrogens is 543 g/mol. The van der Waals surface area contributed by atoms with Crippen molar-refractivity contribution in [3.05, 3.63) is 78.1 Å². The van der Waals surface area contributed by atoms with Crippen LogP contribution in [0.15, 0.2) is 71.1 Å². The zero-order valence-electron chi connectivity index (χ0n) is 24.3. The number of rotatable bonds is 8. The SMILES string of the molecule is CNCC(C)(C)OC(=O)Nc1cc2cc(-c3ccc(C(C)N4CCC(F)(F)CC4)cc3)cc(-c3ccc(F)cc3)c2o1. The van der Waals surface area contributed by atoms with Gasteiger partial charge in [0, 0.05) is 55.5 Å². The highest BCUT2D eigenvalue weighted by atomic mass is 19.3. The summed E-state index contributed by atoms with van der Waals surface area (Å²) >= 11 is 0. The van der Waals surface area contributed by atoms with Gasteiger partial charge in [-0.15, -0.1) is 0 Å². The lowest BCUT2D eigenvalue weighted by Crippen LogP contribution is -2.40. The molecule has 9 heteroatoms. The lowest BCUT2D eigenvalue weighted by atomic mass is 9.95. The van der Waals surface area contributed by atoms with Crippen LogP contribution in [-0.4, -0.2) is 49.2 Å². The number of ether oxygens (including phenoxy) is 1. The topological polar surface area (TPSA) is 66.7 Å². The molecule has 0 saturated carbocycles. The second-order valence-electron chi connectivity index (χ2n) is 11.6. The van der Waals surface area contributed by atoms with Crippen LogP contribution in [0.4, 0.5) is 23.8 Å². The van der Waals surface area contributed by atoms with E-state index in [0.717, 1.165) is 33.2 Å². The molecular formula is C33H36F3N3O3. The van der Waals surface area contributed by atoms with E-state index in [0.29, 0.717) is 25.2 Å². The van der Waals surface area contributed by atoms with Crippen molar-refractivity contribution in [2.24, 2.45) is 0 Å². The van der Waals surface area contributed by atoms with E-state index in [-0.39, 0.29) is 30.6 Å². The molecule has 2 N–H and O–H groups in total. The third kappa shape index (κ3) is 6.79. The molecule has 5 rings (SSSR count).